The molecule has 0 bridgehead atoms. The van der Waals surface area contributed by atoms with Crippen LogP contribution in [0.3, 0.4) is 0 Å². The molecule has 0 fully saturated rings. The van der Waals surface area contributed by atoms with Crippen LogP contribution in [-0.2, 0) is 11.2 Å². The van der Waals surface area contributed by atoms with Crippen molar-refractivity contribution in [2.75, 3.05) is 6.54 Å². The van der Waals surface area contributed by atoms with E-state index in [9.17, 15) is 4.79 Å². The number of carbonyl (C=O) groups excluding carboxylic acids is 1. The van der Waals surface area contributed by atoms with Gasteiger partial charge in [-0.3, -0.25) is 4.79 Å². The van der Waals surface area contributed by atoms with Crippen LogP contribution in [0.1, 0.15) is 11.3 Å². The molecular weight excluding hydrogens is 312 g/mol. The zero-order valence-corrected chi connectivity index (χ0v) is 12.9. The quantitative estimate of drug-likeness (QED) is 0.753. The van der Waals surface area contributed by atoms with Gasteiger partial charge in [0, 0.05) is 16.0 Å². The molecule has 2 aromatic carbocycles. The van der Waals surface area contributed by atoms with Crippen molar-refractivity contribution in [2.24, 2.45) is 0 Å². The zero-order valence-electron chi connectivity index (χ0n) is 12.2. The van der Waals surface area contributed by atoms with Crippen LogP contribution in [-0.4, -0.2) is 17.6 Å². The minimum absolute atomic E-state index is 0.149. The number of carbonyl (C=O) groups is 1. The first-order chi connectivity index (χ1) is 11.2. The Morgan fingerprint density at radius 3 is 2.96 bits per heavy atom. The topological polar surface area (TPSA) is 55.1 Å². The van der Waals surface area contributed by atoms with E-state index >= 15 is 0 Å². The normalized spacial score (nSPS) is 10.1. The largest absolute Gasteiger partial charge is 0.356 e. The Morgan fingerprint density at radius 2 is 2.09 bits per heavy atom. The number of hydrogen-bond acceptors (Lipinski definition) is 3. The summed E-state index contributed by atoms with van der Waals surface area (Å²) < 4.78 is 5.17. The van der Waals surface area contributed by atoms with Gasteiger partial charge in [0.2, 0.25) is 5.91 Å². The molecule has 1 heterocycles. The number of rotatable bonds is 3. The third kappa shape index (κ3) is 3.91. The number of nitrogens with one attached hydrogen (secondary N) is 1. The van der Waals surface area contributed by atoms with Crippen LogP contribution in [0.5, 0.6) is 0 Å². The zero-order chi connectivity index (χ0) is 16.1. The van der Waals surface area contributed by atoms with E-state index in [1.807, 2.05) is 36.4 Å². The molecule has 114 valence electrons. The van der Waals surface area contributed by atoms with Crippen LogP contribution >= 0.6 is 11.6 Å². The molecule has 0 spiro atoms. The first-order valence-corrected chi connectivity index (χ1v) is 7.44. The van der Waals surface area contributed by atoms with Crippen LogP contribution in [0, 0.1) is 11.8 Å². The smallest absolute Gasteiger partial charge is 0.226 e. The predicted molar refractivity (Wildman–Crippen MR) is 89.1 cm³/mol. The third-order valence-electron chi connectivity index (χ3n) is 3.21. The molecule has 4 nitrogen and oxygen atoms in total. The van der Waals surface area contributed by atoms with Gasteiger partial charge in [0.1, 0.15) is 5.69 Å². The van der Waals surface area contributed by atoms with E-state index in [4.69, 9.17) is 16.1 Å². The van der Waals surface area contributed by atoms with E-state index in [-0.39, 0.29) is 18.9 Å². The lowest BCUT2D eigenvalue weighted by Gasteiger charge is -1.98. The van der Waals surface area contributed by atoms with Gasteiger partial charge in [0.05, 0.1) is 13.0 Å². The summed E-state index contributed by atoms with van der Waals surface area (Å²) in [5, 5.41) is 8.17. The number of halogens is 1. The molecule has 0 aliphatic heterocycles. The number of nitrogens with zero attached hydrogens (tertiary/aromatic N) is 1. The summed E-state index contributed by atoms with van der Waals surface area (Å²) in [4.78, 5) is 11.9. The van der Waals surface area contributed by atoms with Gasteiger partial charge < -0.3 is 9.84 Å². The molecule has 3 aromatic rings. The second-order valence-electron chi connectivity index (χ2n) is 4.89. The Balaban J connectivity index is 1.56. The van der Waals surface area contributed by atoms with E-state index in [2.05, 4.69) is 22.3 Å². The van der Waals surface area contributed by atoms with Crippen molar-refractivity contribution >= 4 is 28.5 Å². The predicted octanol–water partition coefficient (Wildman–Crippen LogP) is 3.19. The molecule has 1 N–H and O–H groups in total. The summed E-state index contributed by atoms with van der Waals surface area (Å²) in [6.45, 7) is 0.265. The van der Waals surface area contributed by atoms with Gasteiger partial charge in [0.25, 0.3) is 0 Å². The number of para-hydroxylation sites is 1. The second-order valence-corrected chi connectivity index (χ2v) is 5.33. The lowest BCUT2D eigenvalue weighted by molar-refractivity contribution is -0.120. The van der Waals surface area contributed by atoms with Crippen molar-refractivity contribution < 1.29 is 9.32 Å². The highest BCUT2D eigenvalue weighted by Gasteiger charge is 2.11. The SMILES string of the molecule is O=C(Cc1noc2ccccc12)NCC#Cc1cccc(Cl)c1. The molecule has 0 atom stereocenters. The summed E-state index contributed by atoms with van der Waals surface area (Å²) in [7, 11) is 0. The fraction of sp³-hybridized carbons (Fsp3) is 0.111. The molecular formula is C18H13ClN2O2. The number of benzene rings is 2. The van der Waals surface area contributed by atoms with Crippen molar-refractivity contribution in [1.82, 2.24) is 10.5 Å². The first-order valence-electron chi connectivity index (χ1n) is 7.07. The van der Waals surface area contributed by atoms with Gasteiger partial charge >= 0.3 is 0 Å². The fourth-order valence-corrected chi connectivity index (χ4v) is 2.33. The van der Waals surface area contributed by atoms with Gasteiger partial charge in [-0.15, -0.1) is 0 Å². The number of hydrogen-bond donors (Lipinski definition) is 1. The molecule has 1 aromatic heterocycles. The summed E-state index contributed by atoms with van der Waals surface area (Å²) >= 11 is 5.88. The van der Waals surface area contributed by atoms with Crippen LogP contribution in [0.4, 0.5) is 0 Å². The van der Waals surface area contributed by atoms with Gasteiger partial charge in [-0.2, -0.15) is 0 Å². The summed E-state index contributed by atoms with van der Waals surface area (Å²) in [6.07, 6.45) is 0.163. The van der Waals surface area contributed by atoms with E-state index in [1.165, 1.54) is 0 Å². The van der Waals surface area contributed by atoms with Crippen LogP contribution < -0.4 is 5.32 Å². The van der Waals surface area contributed by atoms with E-state index in [0.29, 0.717) is 16.3 Å². The first kappa shape index (κ1) is 15.1. The molecule has 0 radical (unpaired) electrons. The van der Waals surface area contributed by atoms with Gasteiger partial charge in [-0.1, -0.05) is 46.8 Å². The van der Waals surface area contributed by atoms with Crippen LogP contribution in [0.15, 0.2) is 53.1 Å². The van der Waals surface area contributed by atoms with E-state index in [0.717, 1.165) is 10.9 Å². The Labute approximate surface area is 138 Å². The minimum atomic E-state index is -0.149. The average molecular weight is 325 g/mol. The Morgan fingerprint density at radius 1 is 1.22 bits per heavy atom. The van der Waals surface area contributed by atoms with Crippen molar-refractivity contribution in [3.05, 3.63) is 64.8 Å². The summed E-state index contributed by atoms with van der Waals surface area (Å²) in [5.41, 5.74) is 2.12. The average Bonchev–Trinajstić information content (AvgIpc) is 2.95. The summed E-state index contributed by atoms with van der Waals surface area (Å²) in [5.74, 6) is 5.69. The van der Waals surface area contributed by atoms with Gasteiger partial charge in [-0.25, -0.2) is 0 Å². The van der Waals surface area contributed by atoms with Gasteiger partial charge in [0.15, 0.2) is 5.58 Å². The molecule has 0 saturated heterocycles. The fourth-order valence-electron chi connectivity index (χ4n) is 2.14. The molecule has 23 heavy (non-hydrogen) atoms. The molecule has 0 aliphatic carbocycles. The Bertz CT molecular complexity index is 906. The second kappa shape index (κ2) is 6.99. The maximum Gasteiger partial charge on any atom is 0.226 e. The number of amides is 1. The van der Waals surface area contributed by atoms with Crippen molar-refractivity contribution in [1.29, 1.82) is 0 Å². The monoisotopic (exact) mass is 324 g/mol. The molecule has 1 amide bonds. The minimum Gasteiger partial charge on any atom is -0.356 e. The van der Waals surface area contributed by atoms with E-state index in [1.54, 1.807) is 12.1 Å². The molecule has 3 rings (SSSR count). The highest BCUT2D eigenvalue weighted by atomic mass is 35.5. The van der Waals surface area contributed by atoms with Crippen molar-refractivity contribution in [2.45, 2.75) is 6.42 Å². The van der Waals surface area contributed by atoms with Crippen molar-refractivity contribution in [3.63, 3.8) is 0 Å². The highest BCUT2D eigenvalue weighted by molar-refractivity contribution is 6.30. The molecule has 0 aliphatic rings. The Kier molecular flexibility index (Phi) is 4.60. The van der Waals surface area contributed by atoms with E-state index < -0.39 is 0 Å². The number of fused-ring (bicyclic) bond motifs is 1. The highest BCUT2D eigenvalue weighted by Crippen LogP contribution is 2.17. The summed E-state index contributed by atoms with van der Waals surface area (Å²) in [6, 6.07) is 14.7. The molecule has 5 heteroatoms. The third-order valence-corrected chi connectivity index (χ3v) is 3.45. The van der Waals surface area contributed by atoms with Gasteiger partial charge in [-0.05, 0) is 30.3 Å². The standard InChI is InChI=1S/C18H13ClN2O2/c19-14-7-3-5-13(11-14)6-4-10-20-18(22)12-16-15-8-1-2-9-17(15)23-21-16/h1-3,5,7-9,11H,10,12H2,(H,20,22). The Hall–Kier alpha value is -2.77. The van der Waals surface area contributed by atoms with Crippen LogP contribution in [0.2, 0.25) is 5.02 Å². The van der Waals surface area contributed by atoms with Crippen molar-refractivity contribution in [3.8, 4) is 11.8 Å². The van der Waals surface area contributed by atoms with Crippen LogP contribution in [0.25, 0.3) is 11.0 Å². The molecule has 0 saturated carbocycles. The number of aromatic nitrogens is 1. The maximum atomic E-state index is 11.9. The lowest BCUT2D eigenvalue weighted by atomic mass is 10.1. The molecule has 0 unspecified atom stereocenters. The lowest BCUT2D eigenvalue weighted by Crippen LogP contribution is -2.25. The maximum absolute atomic E-state index is 11.9.